The fraction of sp³-hybridized carbons (Fsp3) is 0.444. The number of aryl methyl sites for hydroxylation is 1. The second kappa shape index (κ2) is 7.31. The molecule has 1 aliphatic heterocycles. The van der Waals surface area contributed by atoms with Crippen LogP contribution in [-0.2, 0) is 30.7 Å². The summed E-state index contributed by atoms with van der Waals surface area (Å²) in [6, 6.07) is 3.26. The van der Waals surface area contributed by atoms with E-state index in [4.69, 9.17) is 5.73 Å². The van der Waals surface area contributed by atoms with Crippen LogP contribution in [0.25, 0.3) is 0 Å². The molecule has 2 heterocycles. The lowest BCUT2D eigenvalue weighted by molar-refractivity contribution is -0.133. The van der Waals surface area contributed by atoms with Crippen LogP contribution in [0.1, 0.15) is 30.4 Å². The molecule has 1 aromatic carbocycles. The third-order valence-electron chi connectivity index (χ3n) is 4.58. The van der Waals surface area contributed by atoms with E-state index in [1.54, 1.807) is 4.90 Å². The van der Waals surface area contributed by atoms with Gasteiger partial charge in [-0.05, 0) is 30.5 Å². The standard InChI is InChI=1S/C18H22F2N4O/c1-2-14-10-22-17-11-23(5-6-24(14)17)18(25)9-13(21)7-12-3-4-15(19)16(20)8-12/h3-4,8,10,13H,2,5-7,9,11,21H2,1H3/t13-/m1/s1. The van der Waals surface area contributed by atoms with Gasteiger partial charge >= 0.3 is 0 Å². The lowest BCUT2D eigenvalue weighted by Gasteiger charge is -2.29. The summed E-state index contributed by atoms with van der Waals surface area (Å²) in [7, 11) is 0. The predicted octanol–water partition coefficient (Wildman–Crippen LogP) is 2.03. The first-order valence-corrected chi connectivity index (χ1v) is 8.48. The molecule has 5 nitrogen and oxygen atoms in total. The summed E-state index contributed by atoms with van der Waals surface area (Å²) in [5.74, 6) is -0.928. The molecule has 2 N–H and O–H groups in total. The van der Waals surface area contributed by atoms with Crippen LogP contribution in [0.15, 0.2) is 24.4 Å². The van der Waals surface area contributed by atoms with Crippen LogP contribution in [0.3, 0.4) is 0 Å². The fourth-order valence-electron chi connectivity index (χ4n) is 3.21. The molecular formula is C18H22F2N4O. The maximum atomic E-state index is 13.3. The number of rotatable bonds is 5. The molecule has 0 unspecified atom stereocenters. The number of carbonyl (C=O) groups is 1. The maximum Gasteiger partial charge on any atom is 0.224 e. The first-order chi connectivity index (χ1) is 12.0. The van der Waals surface area contributed by atoms with Gasteiger partial charge in [0.25, 0.3) is 0 Å². The van der Waals surface area contributed by atoms with Crippen LogP contribution in [-0.4, -0.2) is 32.9 Å². The summed E-state index contributed by atoms with van der Waals surface area (Å²) in [5.41, 5.74) is 7.80. The molecule has 0 fully saturated rings. The van der Waals surface area contributed by atoms with Gasteiger partial charge in [0, 0.05) is 37.4 Å². The summed E-state index contributed by atoms with van der Waals surface area (Å²) in [6.45, 7) is 3.94. The molecule has 1 amide bonds. The van der Waals surface area contributed by atoms with Crippen molar-refractivity contribution in [2.45, 2.75) is 45.3 Å². The molecule has 25 heavy (non-hydrogen) atoms. The quantitative estimate of drug-likeness (QED) is 0.899. The Morgan fingerprint density at radius 1 is 1.32 bits per heavy atom. The Morgan fingerprint density at radius 3 is 2.84 bits per heavy atom. The van der Waals surface area contributed by atoms with Gasteiger partial charge in [-0.1, -0.05) is 13.0 Å². The highest BCUT2D eigenvalue weighted by Crippen LogP contribution is 2.17. The molecule has 1 aromatic heterocycles. The Kier molecular flexibility index (Phi) is 5.13. The average Bonchev–Trinajstić information content (AvgIpc) is 3.00. The van der Waals surface area contributed by atoms with Crippen LogP contribution in [0.4, 0.5) is 8.78 Å². The predicted molar refractivity (Wildman–Crippen MR) is 89.7 cm³/mol. The number of hydrogen-bond acceptors (Lipinski definition) is 3. The van der Waals surface area contributed by atoms with Crippen molar-refractivity contribution in [2.24, 2.45) is 5.73 Å². The van der Waals surface area contributed by atoms with E-state index in [1.807, 2.05) is 6.20 Å². The van der Waals surface area contributed by atoms with Gasteiger partial charge in [0.2, 0.25) is 5.91 Å². The summed E-state index contributed by atoms with van der Waals surface area (Å²) in [5, 5.41) is 0. The Balaban J connectivity index is 1.57. The topological polar surface area (TPSA) is 64.2 Å². The summed E-state index contributed by atoms with van der Waals surface area (Å²) in [4.78, 5) is 18.6. The molecule has 0 radical (unpaired) electrons. The molecule has 0 aliphatic carbocycles. The molecule has 7 heteroatoms. The molecule has 0 spiro atoms. The molecule has 1 atom stereocenters. The zero-order valence-corrected chi connectivity index (χ0v) is 14.2. The second-order valence-corrected chi connectivity index (χ2v) is 6.40. The van der Waals surface area contributed by atoms with E-state index in [-0.39, 0.29) is 12.3 Å². The molecule has 0 bridgehead atoms. The number of amides is 1. The van der Waals surface area contributed by atoms with Gasteiger partial charge < -0.3 is 15.2 Å². The van der Waals surface area contributed by atoms with Crippen molar-refractivity contribution < 1.29 is 13.6 Å². The lowest BCUT2D eigenvalue weighted by Crippen LogP contribution is -2.41. The Morgan fingerprint density at radius 2 is 2.12 bits per heavy atom. The third-order valence-corrected chi connectivity index (χ3v) is 4.58. The maximum absolute atomic E-state index is 13.3. The molecule has 3 rings (SSSR count). The van der Waals surface area contributed by atoms with Gasteiger partial charge in [-0.2, -0.15) is 0 Å². The van der Waals surface area contributed by atoms with Crippen molar-refractivity contribution in [1.82, 2.24) is 14.5 Å². The van der Waals surface area contributed by atoms with Gasteiger partial charge in [-0.3, -0.25) is 4.79 Å². The van der Waals surface area contributed by atoms with Gasteiger partial charge in [-0.25, -0.2) is 13.8 Å². The lowest BCUT2D eigenvalue weighted by atomic mass is 10.0. The highest BCUT2D eigenvalue weighted by molar-refractivity contribution is 5.76. The summed E-state index contributed by atoms with van der Waals surface area (Å²) in [6.07, 6.45) is 3.27. The van der Waals surface area contributed by atoms with E-state index < -0.39 is 17.7 Å². The minimum Gasteiger partial charge on any atom is -0.333 e. The van der Waals surface area contributed by atoms with Crippen molar-refractivity contribution in [3.05, 3.63) is 53.1 Å². The van der Waals surface area contributed by atoms with Crippen LogP contribution >= 0.6 is 0 Å². The number of nitrogens with two attached hydrogens (primary N) is 1. The second-order valence-electron chi connectivity index (χ2n) is 6.40. The van der Waals surface area contributed by atoms with E-state index in [1.165, 1.54) is 11.8 Å². The molecular weight excluding hydrogens is 326 g/mol. The number of benzene rings is 1. The van der Waals surface area contributed by atoms with E-state index in [2.05, 4.69) is 16.5 Å². The van der Waals surface area contributed by atoms with Gasteiger partial charge in [0.05, 0.1) is 6.54 Å². The first-order valence-electron chi connectivity index (χ1n) is 8.48. The number of imidazole rings is 1. The number of fused-ring (bicyclic) bond motifs is 1. The van der Waals surface area contributed by atoms with Gasteiger partial charge in [-0.15, -0.1) is 0 Å². The normalized spacial score (nSPS) is 15.1. The molecule has 2 aromatic rings. The summed E-state index contributed by atoms with van der Waals surface area (Å²) < 4.78 is 28.4. The zero-order chi connectivity index (χ0) is 18.0. The number of hydrogen-bond donors (Lipinski definition) is 1. The van der Waals surface area contributed by atoms with Crippen LogP contribution in [0, 0.1) is 11.6 Å². The van der Waals surface area contributed by atoms with E-state index in [0.29, 0.717) is 25.1 Å². The van der Waals surface area contributed by atoms with Crippen molar-refractivity contribution in [3.63, 3.8) is 0 Å². The largest absolute Gasteiger partial charge is 0.333 e. The molecule has 0 saturated carbocycles. The zero-order valence-electron chi connectivity index (χ0n) is 14.2. The monoisotopic (exact) mass is 348 g/mol. The fourth-order valence-corrected chi connectivity index (χ4v) is 3.21. The molecule has 1 aliphatic rings. The third kappa shape index (κ3) is 3.87. The Labute approximate surface area is 145 Å². The molecule has 0 saturated heterocycles. The van der Waals surface area contributed by atoms with Crippen molar-refractivity contribution in [2.75, 3.05) is 6.54 Å². The SMILES string of the molecule is CCc1cnc2n1CCN(C(=O)C[C@H](N)Cc1ccc(F)c(F)c1)C2. The number of aromatic nitrogens is 2. The minimum absolute atomic E-state index is 0.0395. The van der Waals surface area contributed by atoms with Crippen molar-refractivity contribution >= 4 is 5.91 Å². The first kappa shape index (κ1) is 17.5. The summed E-state index contributed by atoms with van der Waals surface area (Å²) >= 11 is 0. The smallest absolute Gasteiger partial charge is 0.224 e. The van der Waals surface area contributed by atoms with Gasteiger partial charge in [0.15, 0.2) is 11.6 Å². The van der Waals surface area contributed by atoms with Crippen LogP contribution in [0.2, 0.25) is 0 Å². The van der Waals surface area contributed by atoms with E-state index in [9.17, 15) is 13.6 Å². The van der Waals surface area contributed by atoms with Crippen molar-refractivity contribution in [1.29, 1.82) is 0 Å². The minimum atomic E-state index is -0.898. The van der Waals surface area contributed by atoms with Crippen LogP contribution in [0.5, 0.6) is 0 Å². The highest BCUT2D eigenvalue weighted by atomic mass is 19.2. The number of halogens is 2. The Hall–Kier alpha value is -2.28. The highest BCUT2D eigenvalue weighted by Gasteiger charge is 2.24. The van der Waals surface area contributed by atoms with Crippen molar-refractivity contribution in [3.8, 4) is 0 Å². The average molecular weight is 348 g/mol. The molecule has 134 valence electrons. The van der Waals surface area contributed by atoms with E-state index in [0.717, 1.165) is 30.9 Å². The Bertz CT molecular complexity index is 774. The van der Waals surface area contributed by atoms with E-state index >= 15 is 0 Å². The number of nitrogens with zero attached hydrogens (tertiary/aromatic N) is 3. The number of carbonyl (C=O) groups excluding carboxylic acids is 1. The van der Waals surface area contributed by atoms with Gasteiger partial charge in [0.1, 0.15) is 5.82 Å². The van der Waals surface area contributed by atoms with Crippen LogP contribution < -0.4 is 5.73 Å².